The summed E-state index contributed by atoms with van der Waals surface area (Å²) in [6.45, 7) is 2.50. The molecule has 94 valence electrons. The number of nitrogens with one attached hydrogen (secondary N) is 1. The van der Waals surface area contributed by atoms with Gasteiger partial charge in [0, 0.05) is 11.0 Å². The summed E-state index contributed by atoms with van der Waals surface area (Å²) in [4.78, 5) is 0. The third-order valence-corrected chi connectivity index (χ3v) is 3.53. The van der Waals surface area contributed by atoms with Gasteiger partial charge in [-0.15, -0.1) is 0 Å². The largest absolute Gasteiger partial charge is 0.380 e. The Morgan fingerprint density at radius 2 is 2.00 bits per heavy atom. The van der Waals surface area contributed by atoms with E-state index in [1.165, 1.54) is 12.1 Å². The first-order valence-corrected chi connectivity index (χ1v) is 6.67. The maximum absolute atomic E-state index is 13.0. The zero-order chi connectivity index (χ0) is 13.1. The molecule has 0 bridgehead atoms. The van der Waals surface area contributed by atoms with E-state index in [1.54, 1.807) is 6.07 Å². The van der Waals surface area contributed by atoms with Crippen LogP contribution < -0.4 is 5.32 Å². The molecule has 0 aliphatic carbocycles. The molecule has 0 atom stereocenters. The predicted octanol–water partition coefficient (Wildman–Crippen LogP) is 5.16. The molecule has 0 fully saturated rings. The number of benzene rings is 2. The minimum Gasteiger partial charge on any atom is -0.380 e. The van der Waals surface area contributed by atoms with E-state index in [-0.39, 0.29) is 5.82 Å². The van der Waals surface area contributed by atoms with Crippen LogP contribution in [0, 0.1) is 12.7 Å². The van der Waals surface area contributed by atoms with Gasteiger partial charge in [0.2, 0.25) is 0 Å². The predicted molar refractivity (Wildman–Crippen MR) is 77.6 cm³/mol. The lowest BCUT2D eigenvalue weighted by molar-refractivity contribution is 0.625. The Morgan fingerprint density at radius 1 is 1.22 bits per heavy atom. The van der Waals surface area contributed by atoms with Crippen molar-refractivity contribution in [2.24, 2.45) is 0 Å². The van der Waals surface area contributed by atoms with E-state index in [0.717, 1.165) is 21.3 Å². The Hall–Kier alpha value is -1.06. The third-order valence-electron chi connectivity index (χ3n) is 2.70. The number of aryl methyl sites for hydroxylation is 1. The fourth-order valence-corrected chi connectivity index (χ4v) is 2.23. The molecule has 2 rings (SSSR count). The maximum atomic E-state index is 13.0. The molecule has 0 aliphatic heterocycles. The molecule has 0 saturated heterocycles. The van der Waals surface area contributed by atoms with Crippen molar-refractivity contribution in [1.29, 1.82) is 0 Å². The molecule has 2 aromatic rings. The van der Waals surface area contributed by atoms with Crippen molar-refractivity contribution < 1.29 is 4.39 Å². The van der Waals surface area contributed by atoms with E-state index < -0.39 is 0 Å². The number of anilines is 1. The minimum absolute atomic E-state index is 0.211. The fraction of sp³-hybridized carbons (Fsp3) is 0.143. The first kappa shape index (κ1) is 13.4. The molecule has 2 aromatic carbocycles. The van der Waals surface area contributed by atoms with Crippen LogP contribution in [-0.2, 0) is 6.54 Å². The Balaban J connectivity index is 2.13. The fourth-order valence-electron chi connectivity index (χ4n) is 1.68. The molecule has 1 N–H and O–H groups in total. The van der Waals surface area contributed by atoms with Crippen LogP contribution in [0.5, 0.6) is 0 Å². The van der Waals surface area contributed by atoms with Crippen molar-refractivity contribution in [3.8, 4) is 0 Å². The molecule has 0 aliphatic rings. The number of hydrogen-bond acceptors (Lipinski definition) is 1. The lowest BCUT2D eigenvalue weighted by Gasteiger charge is -2.11. The Morgan fingerprint density at radius 3 is 2.72 bits per heavy atom. The van der Waals surface area contributed by atoms with Crippen LogP contribution in [0.2, 0.25) is 5.02 Å². The van der Waals surface area contributed by atoms with Gasteiger partial charge in [-0.25, -0.2) is 4.39 Å². The van der Waals surface area contributed by atoms with Gasteiger partial charge in [0.25, 0.3) is 0 Å². The molecule has 1 nitrogen and oxygen atoms in total. The van der Waals surface area contributed by atoms with Gasteiger partial charge in [-0.2, -0.15) is 0 Å². The van der Waals surface area contributed by atoms with Gasteiger partial charge >= 0.3 is 0 Å². The second kappa shape index (κ2) is 5.72. The first-order chi connectivity index (χ1) is 8.56. The molecule has 4 heteroatoms. The topological polar surface area (TPSA) is 12.0 Å². The van der Waals surface area contributed by atoms with E-state index in [9.17, 15) is 4.39 Å². The monoisotopic (exact) mass is 327 g/mol. The summed E-state index contributed by atoms with van der Waals surface area (Å²) in [6.07, 6.45) is 0. The van der Waals surface area contributed by atoms with E-state index >= 15 is 0 Å². The van der Waals surface area contributed by atoms with Gasteiger partial charge in [-0.05, 0) is 48.4 Å². The smallest absolute Gasteiger partial charge is 0.123 e. The van der Waals surface area contributed by atoms with E-state index in [0.29, 0.717) is 11.6 Å². The molecule has 18 heavy (non-hydrogen) atoms. The summed E-state index contributed by atoms with van der Waals surface area (Å²) >= 11 is 9.48. The first-order valence-electron chi connectivity index (χ1n) is 5.50. The molecule has 0 saturated carbocycles. The molecule has 0 heterocycles. The van der Waals surface area contributed by atoms with Crippen LogP contribution in [-0.4, -0.2) is 0 Å². The maximum Gasteiger partial charge on any atom is 0.123 e. The zero-order valence-corrected chi connectivity index (χ0v) is 12.1. The summed E-state index contributed by atoms with van der Waals surface area (Å²) in [6, 6.07) is 10.4. The normalized spacial score (nSPS) is 10.4. The average molecular weight is 329 g/mol. The quantitative estimate of drug-likeness (QED) is 0.820. The average Bonchev–Trinajstić information content (AvgIpc) is 2.32. The van der Waals surface area contributed by atoms with Crippen LogP contribution in [0.1, 0.15) is 11.1 Å². The van der Waals surface area contributed by atoms with Crippen molar-refractivity contribution in [2.45, 2.75) is 13.5 Å². The van der Waals surface area contributed by atoms with Gasteiger partial charge in [-0.3, -0.25) is 0 Å². The van der Waals surface area contributed by atoms with Gasteiger partial charge in [0.15, 0.2) is 0 Å². The highest BCUT2D eigenvalue weighted by atomic mass is 79.9. The van der Waals surface area contributed by atoms with Gasteiger partial charge in [0.1, 0.15) is 5.82 Å². The van der Waals surface area contributed by atoms with E-state index in [2.05, 4.69) is 21.2 Å². The van der Waals surface area contributed by atoms with Crippen molar-refractivity contribution in [3.05, 3.63) is 62.8 Å². The minimum atomic E-state index is -0.211. The van der Waals surface area contributed by atoms with Gasteiger partial charge < -0.3 is 5.32 Å². The summed E-state index contributed by atoms with van der Waals surface area (Å²) in [5.41, 5.74) is 2.83. The van der Waals surface area contributed by atoms with E-state index in [1.807, 2.05) is 25.1 Å². The van der Waals surface area contributed by atoms with Crippen molar-refractivity contribution in [3.63, 3.8) is 0 Å². The number of rotatable bonds is 3. The summed E-state index contributed by atoms with van der Waals surface area (Å²) in [7, 11) is 0. The lowest BCUT2D eigenvalue weighted by atomic mass is 10.1. The molecular weight excluding hydrogens is 317 g/mol. The lowest BCUT2D eigenvalue weighted by Crippen LogP contribution is -2.02. The van der Waals surface area contributed by atoms with Crippen LogP contribution >= 0.6 is 27.5 Å². The Kier molecular flexibility index (Phi) is 4.25. The van der Waals surface area contributed by atoms with Gasteiger partial charge in [-0.1, -0.05) is 33.6 Å². The second-order valence-electron chi connectivity index (χ2n) is 4.05. The summed E-state index contributed by atoms with van der Waals surface area (Å²) < 4.78 is 13.9. The molecule has 0 unspecified atom stereocenters. The molecular formula is C14H12BrClFN. The molecule has 0 amide bonds. The second-order valence-corrected chi connectivity index (χ2v) is 5.37. The third kappa shape index (κ3) is 3.24. The molecule has 0 spiro atoms. The van der Waals surface area contributed by atoms with Crippen molar-refractivity contribution in [1.82, 2.24) is 0 Å². The Labute approximate surface area is 119 Å². The number of hydrogen-bond donors (Lipinski definition) is 1. The Bertz CT molecular complexity index is 572. The highest BCUT2D eigenvalue weighted by molar-refractivity contribution is 9.10. The zero-order valence-electron chi connectivity index (χ0n) is 9.81. The van der Waals surface area contributed by atoms with Crippen LogP contribution in [0.25, 0.3) is 0 Å². The van der Waals surface area contributed by atoms with Crippen LogP contribution in [0.15, 0.2) is 40.9 Å². The van der Waals surface area contributed by atoms with Crippen molar-refractivity contribution in [2.75, 3.05) is 5.32 Å². The standard InChI is InChI=1S/C14H12BrClFN/c1-9-6-12(17)4-2-10(9)8-18-14-7-11(15)3-5-13(14)16/h2-7,18H,8H2,1H3. The highest BCUT2D eigenvalue weighted by Gasteiger charge is 2.03. The summed E-state index contributed by atoms with van der Waals surface area (Å²) in [5, 5.41) is 3.91. The summed E-state index contributed by atoms with van der Waals surface area (Å²) in [5.74, 6) is -0.211. The van der Waals surface area contributed by atoms with Crippen LogP contribution in [0.3, 0.4) is 0 Å². The SMILES string of the molecule is Cc1cc(F)ccc1CNc1cc(Br)ccc1Cl. The molecule has 0 radical (unpaired) electrons. The van der Waals surface area contributed by atoms with Crippen LogP contribution in [0.4, 0.5) is 10.1 Å². The van der Waals surface area contributed by atoms with Gasteiger partial charge in [0.05, 0.1) is 10.7 Å². The molecule has 0 aromatic heterocycles. The number of halogens is 3. The van der Waals surface area contributed by atoms with E-state index in [4.69, 9.17) is 11.6 Å². The van der Waals surface area contributed by atoms with Crippen molar-refractivity contribution >= 4 is 33.2 Å². The highest BCUT2D eigenvalue weighted by Crippen LogP contribution is 2.26.